The average molecular weight is 473 g/mol. The van der Waals surface area contributed by atoms with Crippen LogP contribution in [0.2, 0.25) is 0 Å². The van der Waals surface area contributed by atoms with Gasteiger partial charge >= 0.3 is 11.5 Å². The third-order valence-corrected chi connectivity index (χ3v) is 5.97. The van der Waals surface area contributed by atoms with Crippen molar-refractivity contribution in [1.29, 1.82) is 0 Å². The van der Waals surface area contributed by atoms with Crippen molar-refractivity contribution >= 4 is 6.29 Å². The Bertz CT molecular complexity index is 1150. The fourth-order valence-electron chi connectivity index (χ4n) is 4.09. The van der Waals surface area contributed by atoms with Crippen molar-refractivity contribution < 1.29 is 24.0 Å². The number of ether oxygens (including phenoxy) is 1. The Morgan fingerprint density at radius 2 is 1.60 bits per heavy atom. The topological polar surface area (TPSA) is 79.7 Å². The van der Waals surface area contributed by atoms with E-state index in [2.05, 4.69) is 9.88 Å². The van der Waals surface area contributed by atoms with Crippen molar-refractivity contribution in [2.75, 3.05) is 20.2 Å². The minimum Gasteiger partial charge on any atom is -0.494 e. The third kappa shape index (κ3) is 6.04. The summed E-state index contributed by atoms with van der Waals surface area (Å²) < 4.78 is 12.0. The summed E-state index contributed by atoms with van der Waals surface area (Å²) in [5.41, 5.74) is 1.49. The van der Waals surface area contributed by atoms with E-state index in [1.807, 2.05) is 98.2 Å². The van der Waals surface area contributed by atoms with Crippen LogP contribution in [0, 0.1) is 0 Å². The van der Waals surface area contributed by atoms with E-state index in [4.69, 9.17) is 9.15 Å². The van der Waals surface area contributed by atoms with Crippen molar-refractivity contribution in [3.05, 3.63) is 119 Å². The summed E-state index contributed by atoms with van der Waals surface area (Å²) in [7, 11) is 2.04. The van der Waals surface area contributed by atoms with E-state index in [0.717, 1.165) is 47.5 Å². The molecule has 0 unspecified atom stereocenters. The van der Waals surface area contributed by atoms with Gasteiger partial charge in [0.15, 0.2) is 5.76 Å². The number of aldehydes is 1. The Labute approximate surface area is 205 Å². The Morgan fingerprint density at radius 3 is 2.20 bits per heavy atom. The second-order valence-electron chi connectivity index (χ2n) is 8.62. The molecule has 180 valence electrons. The number of benzene rings is 3. The van der Waals surface area contributed by atoms with Crippen LogP contribution in [-0.2, 0) is 23.4 Å². The van der Waals surface area contributed by atoms with Gasteiger partial charge in [0, 0.05) is 13.0 Å². The summed E-state index contributed by atoms with van der Waals surface area (Å²) in [6.45, 7) is 2.06. The number of nitrogens with one attached hydrogen (secondary N) is 1. The Hall–Kier alpha value is -3.74. The molecule has 0 atom stereocenters. The lowest BCUT2D eigenvalue weighted by molar-refractivity contribution is -0.411. The Morgan fingerprint density at radius 1 is 0.971 bits per heavy atom. The Balaban J connectivity index is 1.35. The first-order valence-corrected chi connectivity index (χ1v) is 11.8. The number of rotatable bonds is 12. The predicted octanol–water partition coefficient (Wildman–Crippen LogP) is 3.75. The van der Waals surface area contributed by atoms with Crippen molar-refractivity contribution in [3.8, 4) is 5.75 Å². The van der Waals surface area contributed by atoms with Gasteiger partial charge in [0.2, 0.25) is 6.20 Å². The zero-order chi connectivity index (χ0) is 24.5. The van der Waals surface area contributed by atoms with Crippen molar-refractivity contribution in [2.45, 2.75) is 25.0 Å². The zero-order valence-electron chi connectivity index (χ0n) is 19.9. The maximum atomic E-state index is 10.6. The maximum absolute atomic E-state index is 10.6. The highest BCUT2D eigenvalue weighted by atomic mass is 16.5. The van der Waals surface area contributed by atoms with E-state index in [1.165, 1.54) is 0 Å². The predicted molar refractivity (Wildman–Crippen MR) is 134 cm³/mol. The van der Waals surface area contributed by atoms with Gasteiger partial charge in [-0.05, 0) is 55.4 Å². The van der Waals surface area contributed by atoms with Crippen LogP contribution >= 0.6 is 0 Å². The molecule has 0 aliphatic carbocycles. The van der Waals surface area contributed by atoms with Crippen LogP contribution in [-0.4, -0.2) is 36.5 Å². The number of hydrogen-bond donors (Lipinski definition) is 0. The first-order valence-electron chi connectivity index (χ1n) is 11.8. The van der Waals surface area contributed by atoms with Crippen molar-refractivity contribution in [1.82, 2.24) is 4.90 Å². The molecule has 1 heterocycles. The lowest BCUT2D eigenvalue weighted by Gasteiger charge is -2.18. The number of carbonyl (C=O) groups excluding carboxylic acids is 1. The highest BCUT2D eigenvalue weighted by Gasteiger charge is 2.49. The minimum absolute atomic E-state index is 0.426. The molecule has 0 spiro atoms. The van der Waals surface area contributed by atoms with Crippen LogP contribution in [0.4, 0.5) is 0 Å². The summed E-state index contributed by atoms with van der Waals surface area (Å²) >= 11 is 0. The molecule has 3 aromatic carbocycles. The number of aromatic amines is 1. The fourth-order valence-corrected chi connectivity index (χ4v) is 4.09. The average Bonchev–Trinajstić information content (AvgIpc) is 3.37. The van der Waals surface area contributed by atoms with Gasteiger partial charge in [-0.15, -0.1) is 0 Å². The van der Waals surface area contributed by atoms with E-state index in [9.17, 15) is 9.90 Å². The van der Waals surface area contributed by atoms with Gasteiger partial charge in [-0.1, -0.05) is 48.5 Å². The number of carbonyl (C=O) groups is 1. The molecule has 0 saturated heterocycles. The molecule has 6 nitrogen and oxygen atoms in total. The lowest BCUT2D eigenvalue weighted by Crippen LogP contribution is -2.33. The summed E-state index contributed by atoms with van der Waals surface area (Å²) in [5.74, 6) is 2.07. The normalized spacial score (nSPS) is 11.5. The van der Waals surface area contributed by atoms with Gasteiger partial charge in [0.25, 0.3) is 0 Å². The number of oxazole rings is 1. The van der Waals surface area contributed by atoms with Crippen LogP contribution in [0.25, 0.3) is 0 Å². The molecular formula is C29H32N2O4+2. The molecule has 0 aliphatic rings. The fraction of sp³-hybridized carbons (Fsp3) is 0.241. The minimum atomic E-state index is -1.17. The molecule has 0 bridgehead atoms. The standard InChI is InChI=1S/C29H30N2O4/c1-31(18-8-20-34-26-15-13-23(14-16-26)17-19-32)22-27-21-30-28(35-27)29(33,24-9-4-2-5-10-24)25-11-6-3-7-12-25/h2-7,9-16,19,21,33H,8,17-18,20,22H2,1H3/p+2. The SMILES string of the molecule is CN(CCCOc1ccc(CC=O)cc1)Cc1c[nH+]c(C([OH2+])(c2ccccc2)c2ccccc2)o1. The number of nitrogens with zero attached hydrogens (tertiary/aromatic N) is 1. The van der Waals surface area contributed by atoms with Gasteiger partial charge < -0.3 is 19.1 Å². The molecule has 0 fully saturated rings. The summed E-state index contributed by atoms with van der Waals surface area (Å²) in [6.07, 6.45) is 4.03. The van der Waals surface area contributed by atoms with E-state index < -0.39 is 5.60 Å². The largest absolute Gasteiger partial charge is 0.494 e. The van der Waals surface area contributed by atoms with E-state index in [1.54, 1.807) is 0 Å². The van der Waals surface area contributed by atoms with Gasteiger partial charge in [-0.2, -0.15) is 4.98 Å². The molecule has 3 N–H and O–H groups in total. The molecule has 0 amide bonds. The van der Waals surface area contributed by atoms with Gasteiger partial charge in [-0.25, -0.2) is 0 Å². The quantitative estimate of drug-likeness (QED) is 0.179. The second-order valence-corrected chi connectivity index (χ2v) is 8.62. The van der Waals surface area contributed by atoms with Crippen LogP contribution in [0.3, 0.4) is 0 Å². The molecular weight excluding hydrogens is 440 g/mol. The van der Waals surface area contributed by atoms with Crippen LogP contribution in [0.5, 0.6) is 5.75 Å². The molecule has 0 radical (unpaired) electrons. The first-order chi connectivity index (χ1) is 17.1. The molecule has 1 aromatic heterocycles. The maximum Gasteiger partial charge on any atom is 0.442 e. The second kappa shape index (κ2) is 11.6. The first kappa shape index (κ1) is 24.4. The van der Waals surface area contributed by atoms with Gasteiger partial charge in [0.1, 0.15) is 12.0 Å². The highest BCUT2D eigenvalue weighted by molar-refractivity contribution is 5.55. The molecule has 6 heteroatoms. The lowest BCUT2D eigenvalue weighted by atomic mass is 9.86. The van der Waals surface area contributed by atoms with E-state index in [0.29, 0.717) is 25.5 Å². The summed E-state index contributed by atoms with van der Waals surface area (Å²) in [6, 6.07) is 27.1. The third-order valence-electron chi connectivity index (χ3n) is 5.97. The van der Waals surface area contributed by atoms with Crippen LogP contribution in [0.15, 0.2) is 95.5 Å². The van der Waals surface area contributed by atoms with Gasteiger partial charge in [0.05, 0.1) is 24.3 Å². The highest BCUT2D eigenvalue weighted by Crippen LogP contribution is 2.34. The van der Waals surface area contributed by atoms with Crippen molar-refractivity contribution in [2.24, 2.45) is 0 Å². The van der Waals surface area contributed by atoms with Gasteiger partial charge in [-0.3, -0.25) is 4.90 Å². The van der Waals surface area contributed by atoms with Crippen molar-refractivity contribution in [3.63, 3.8) is 0 Å². The van der Waals surface area contributed by atoms with E-state index in [-0.39, 0.29) is 0 Å². The zero-order valence-corrected chi connectivity index (χ0v) is 19.9. The summed E-state index contributed by atoms with van der Waals surface area (Å²) in [5, 5.41) is 9.42. The summed E-state index contributed by atoms with van der Waals surface area (Å²) in [4.78, 5) is 16.0. The monoisotopic (exact) mass is 472 g/mol. The number of hydrogen-bond acceptors (Lipinski definition) is 4. The smallest absolute Gasteiger partial charge is 0.442 e. The van der Waals surface area contributed by atoms with Crippen LogP contribution < -0.4 is 9.72 Å². The molecule has 4 rings (SSSR count). The molecule has 0 aliphatic heterocycles. The molecule has 35 heavy (non-hydrogen) atoms. The van der Waals surface area contributed by atoms with Crippen LogP contribution in [0.1, 0.15) is 34.8 Å². The number of H-pyrrole nitrogens is 1. The van der Waals surface area contributed by atoms with E-state index >= 15 is 0 Å². The number of aromatic nitrogens is 1. The molecule has 0 saturated carbocycles. The Kier molecular flexibility index (Phi) is 8.08. The molecule has 4 aromatic rings.